The average Bonchev–Trinajstić information content (AvgIpc) is 3.33. The summed E-state index contributed by atoms with van der Waals surface area (Å²) in [6.45, 7) is 0.954. The van der Waals surface area contributed by atoms with Gasteiger partial charge in [-0.25, -0.2) is 13.4 Å². The minimum absolute atomic E-state index is 0.0830. The van der Waals surface area contributed by atoms with Gasteiger partial charge in [-0.05, 0) is 48.7 Å². The van der Waals surface area contributed by atoms with Gasteiger partial charge in [0.05, 0.1) is 17.4 Å². The summed E-state index contributed by atoms with van der Waals surface area (Å²) < 4.78 is 28.4. The van der Waals surface area contributed by atoms with Crippen molar-refractivity contribution in [3.05, 3.63) is 89.2 Å². The molecule has 2 heterocycles. The lowest BCUT2D eigenvalue weighted by atomic mass is 9.84. The summed E-state index contributed by atoms with van der Waals surface area (Å²) >= 11 is 6.29. The zero-order valence-corrected chi connectivity index (χ0v) is 20.3. The van der Waals surface area contributed by atoms with Crippen molar-refractivity contribution in [2.24, 2.45) is 0 Å². The normalized spacial score (nSPS) is 17.3. The highest BCUT2D eigenvalue weighted by Crippen LogP contribution is 2.38. The first kappa shape index (κ1) is 23.8. The fourth-order valence-electron chi connectivity index (χ4n) is 4.55. The molecule has 4 aromatic rings. The number of hydrogen-bond acceptors (Lipinski definition) is 6. The Kier molecular flexibility index (Phi) is 6.29. The molecule has 1 atom stereocenters. The van der Waals surface area contributed by atoms with E-state index in [1.165, 1.54) is 12.4 Å². The minimum atomic E-state index is -3.85. The second-order valence-corrected chi connectivity index (χ2v) is 10.8. The number of hydrogen-bond donors (Lipinski definition) is 4. The smallest absolute Gasteiger partial charge is 0.264 e. The van der Waals surface area contributed by atoms with Crippen molar-refractivity contribution in [1.29, 1.82) is 0 Å². The number of sulfonamides is 1. The molecule has 1 unspecified atom stereocenters. The SMILES string of the molecule is O=S(=O)(Nc1ccc(C(O)N2CCC(O)(c3ccccc3Cl)CC2)cc1)c1cccc2[nH]cnc12. The Balaban J connectivity index is 1.26. The molecule has 0 bridgehead atoms. The molecule has 10 heteroatoms. The second-order valence-electron chi connectivity index (χ2n) is 8.70. The van der Waals surface area contributed by atoms with E-state index in [1.807, 2.05) is 23.1 Å². The van der Waals surface area contributed by atoms with Crippen molar-refractivity contribution in [3.8, 4) is 0 Å². The van der Waals surface area contributed by atoms with Crippen LogP contribution in [0.1, 0.15) is 30.2 Å². The number of aliphatic hydroxyl groups is 2. The number of imidazole rings is 1. The van der Waals surface area contributed by atoms with Gasteiger partial charge in [0.25, 0.3) is 10.0 Å². The van der Waals surface area contributed by atoms with Gasteiger partial charge >= 0.3 is 0 Å². The number of rotatable bonds is 6. The van der Waals surface area contributed by atoms with Gasteiger partial charge in [0.2, 0.25) is 0 Å². The number of aromatic amines is 1. The fourth-order valence-corrected chi connectivity index (χ4v) is 6.09. The first-order valence-corrected chi connectivity index (χ1v) is 13.1. The summed E-state index contributed by atoms with van der Waals surface area (Å²) in [6.07, 6.45) is 1.44. The first-order valence-electron chi connectivity index (χ1n) is 11.2. The van der Waals surface area contributed by atoms with E-state index in [2.05, 4.69) is 14.7 Å². The molecule has 1 fully saturated rings. The number of aliphatic hydroxyl groups excluding tert-OH is 1. The number of piperidine rings is 1. The Morgan fingerprint density at radius 3 is 2.46 bits per heavy atom. The maximum atomic E-state index is 12.9. The topological polar surface area (TPSA) is 119 Å². The molecule has 35 heavy (non-hydrogen) atoms. The maximum Gasteiger partial charge on any atom is 0.264 e. The van der Waals surface area contributed by atoms with Gasteiger partial charge in [0.1, 0.15) is 16.6 Å². The minimum Gasteiger partial charge on any atom is -0.385 e. The van der Waals surface area contributed by atoms with E-state index in [4.69, 9.17) is 11.6 Å². The van der Waals surface area contributed by atoms with Crippen LogP contribution >= 0.6 is 11.6 Å². The van der Waals surface area contributed by atoms with Crippen LogP contribution in [-0.2, 0) is 15.6 Å². The molecule has 182 valence electrons. The predicted octanol–water partition coefficient (Wildman–Crippen LogP) is 3.99. The number of nitrogens with zero attached hydrogens (tertiary/aromatic N) is 2. The molecule has 1 aromatic heterocycles. The average molecular weight is 513 g/mol. The van der Waals surface area contributed by atoms with Crippen LogP contribution in [0.4, 0.5) is 5.69 Å². The van der Waals surface area contributed by atoms with Crippen molar-refractivity contribution in [3.63, 3.8) is 0 Å². The van der Waals surface area contributed by atoms with E-state index in [0.29, 0.717) is 58.8 Å². The Labute approximate surface area is 208 Å². The fraction of sp³-hybridized carbons (Fsp3) is 0.240. The standard InChI is InChI=1S/C25H25ClN4O4S/c26-20-5-2-1-4-19(20)25(32)12-14-30(15-13-25)24(31)17-8-10-18(11-9-17)29-35(33,34)22-7-3-6-21-23(22)28-16-27-21/h1-11,16,24,29,31-32H,12-15H2,(H,27,28). The molecule has 4 N–H and O–H groups in total. The molecule has 0 aliphatic carbocycles. The Bertz CT molecular complexity index is 1450. The van der Waals surface area contributed by atoms with E-state index in [0.717, 1.165) is 0 Å². The van der Waals surface area contributed by atoms with Crippen molar-refractivity contribution in [1.82, 2.24) is 14.9 Å². The summed E-state index contributed by atoms with van der Waals surface area (Å²) in [4.78, 5) is 8.98. The molecule has 0 saturated carbocycles. The van der Waals surface area contributed by atoms with Crippen LogP contribution in [-0.4, -0.2) is 46.6 Å². The number of halogens is 1. The van der Waals surface area contributed by atoms with Gasteiger partial charge in [-0.2, -0.15) is 0 Å². The van der Waals surface area contributed by atoms with Gasteiger partial charge in [-0.1, -0.05) is 48.0 Å². The van der Waals surface area contributed by atoms with E-state index >= 15 is 0 Å². The van der Waals surface area contributed by atoms with Crippen LogP contribution in [0.25, 0.3) is 11.0 Å². The lowest BCUT2D eigenvalue weighted by Gasteiger charge is -2.40. The van der Waals surface area contributed by atoms with Crippen LogP contribution in [0.2, 0.25) is 5.02 Å². The molecular formula is C25H25ClN4O4S. The molecule has 0 radical (unpaired) electrons. The summed E-state index contributed by atoms with van der Waals surface area (Å²) in [6, 6.07) is 18.8. The van der Waals surface area contributed by atoms with Gasteiger partial charge in [-0.3, -0.25) is 9.62 Å². The van der Waals surface area contributed by atoms with Gasteiger partial charge in [0.15, 0.2) is 0 Å². The van der Waals surface area contributed by atoms with Gasteiger partial charge < -0.3 is 15.2 Å². The molecule has 1 saturated heterocycles. The van der Waals surface area contributed by atoms with E-state index in [1.54, 1.807) is 42.5 Å². The summed E-state index contributed by atoms with van der Waals surface area (Å²) in [5.74, 6) is 0. The number of fused-ring (bicyclic) bond motifs is 1. The van der Waals surface area contributed by atoms with Gasteiger partial charge in [0, 0.05) is 29.4 Å². The molecule has 1 aliphatic rings. The van der Waals surface area contributed by atoms with Crippen molar-refractivity contribution < 1.29 is 18.6 Å². The van der Waals surface area contributed by atoms with Crippen LogP contribution < -0.4 is 4.72 Å². The van der Waals surface area contributed by atoms with Crippen LogP contribution in [0.3, 0.4) is 0 Å². The summed E-state index contributed by atoms with van der Waals surface area (Å²) in [5, 5.41) is 22.6. The van der Waals surface area contributed by atoms with Crippen LogP contribution in [0, 0.1) is 0 Å². The largest absolute Gasteiger partial charge is 0.385 e. The van der Waals surface area contributed by atoms with Crippen molar-refractivity contribution >= 4 is 38.3 Å². The van der Waals surface area contributed by atoms with Crippen molar-refractivity contribution in [2.75, 3.05) is 17.8 Å². The Morgan fingerprint density at radius 2 is 1.74 bits per heavy atom. The van der Waals surface area contributed by atoms with E-state index in [9.17, 15) is 18.6 Å². The highest BCUT2D eigenvalue weighted by atomic mass is 35.5. The number of benzene rings is 3. The molecule has 1 aliphatic heterocycles. The molecular weight excluding hydrogens is 488 g/mol. The Hall–Kier alpha value is -2.95. The van der Waals surface area contributed by atoms with Gasteiger partial charge in [-0.15, -0.1) is 0 Å². The highest BCUT2D eigenvalue weighted by Gasteiger charge is 2.37. The number of aromatic nitrogens is 2. The first-order chi connectivity index (χ1) is 16.8. The van der Waals surface area contributed by atoms with Crippen LogP contribution in [0.15, 0.2) is 78.0 Å². The molecule has 8 nitrogen and oxygen atoms in total. The monoisotopic (exact) mass is 512 g/mol. The van der Waals surface area contributed by atoms with Crippen LogP contribution in [0.5, 0.6) is 0 Å². The summed E-state index contributed by atoms with van der Waals surface area (Å²) in [5.41, 5.74) is 1.68. The zero-order valence-electron chi connectivity index (χ0n) is 18.7. The predicted molar refractivity (Wildman–Crippen MR) is 134 cm³/mol. The maximum absolute atomic E-state index is 12.9. The number of anilines is 1. The lowest BCUT2D eigenvalue weighted by molar-refractivity contribution is -0.0788. The quantitative estimate of drug-likeness (QED) is 0.310. The number of para-hydroxylation sites is 1. The lowest BCUT2D eigenvalue weighted by Crippen LogP contribution is -2.44. The third kappa shape index (κ3) is 4.65. The third-order valence-corrected chi connectivity index (χ3v) is 8.25. The van der Waals surface area contributed by atoms with E-state index in [-0.39, 0.29) is 4.90 Å². The summed E-state index contributed by atoms with van der Waals surface area (Å²) in [7, 11) is -3.85. The number of likely N-dealkylation sites (tertiary alicyclic amines) is 1. The third-order valence-electron chi connectivity index (χ3n) is 6.51. The number of H-pyrrole nitrogens is 1. The Morgan fingerprint density at radius 1 is 1.03 bits per heavy atom. The van der Waals surface area contributed by atoms with E-state index < -0.39 is 21.9 Å². The number of nitrogens with one attached hydrogen (secondary N) is 2. The molecule has 0 amide bonds. The zero-order chi connectivity index (χ0) is 24.6. The second kappa shape index (κ2) is 9.25. The molecule has 3 aromatic carbocycles. The molecule has 0 spiro atoms. The van der Waals surface area contributed by atoms with Crippen molar-refractivity contribution in [2.45, 2.75) is 29.6 Å². The highest BCUT2D eigenvalue weighted by molar-refractivity contribution is 7.93. The molecule has 5 rings (SSSR count).